The third-order valence-corrected chi connectivity index (χ3v) is 3.30. The number of aromatic nitrogens is 3. The first-order chi connectivity index (χ1) is 8.69. The zero-order chi connectivity index (χ0) is 13.0. The zero-order valence-corrected chi connectivity index (χ0v) is 11.6. The van der Waals surface area contributed by atoms with Gasteiger partial charge in [0.25, 0.3) is 0 Å². The molecule has 2 rings (SSSR count). The fourth-order valence-corrected chi connectivity index (χ4v) is 2.23. The highest BCUT2D eigenvalue weighted by Gasteiger charge is 2.04. The van der Waals surface area contributed by atoms with Crippen molar-refractivity contribution in [2.45, 2.75) is 27.3 Å². The summed E-state index contributed by atoms with van der Waals surface area (Å²) in [6.07, 6.45) is 3.71. The maximum Gasteiger partial charge on any atom is 0.224 e. The maximum absolute atomic E-state index is 4.43. The van der Waals surface area contributed by atoms with Crippen molar-refractivity contribution in [3.05, 3.63) is 27.8 Å². The van der Waals surface area contributed by atoms with E-state index < -0.39 is 0 Å². The second kappa shape index (κ2) is 5.77. The van der Waals surface area contributed by atoms with Crippen molar-refractivity contribution in [2.75, 3.05) is 17.2 Å². The van der Waals surface area contributed by atoms with Gasteiger partial charge in [-0.1, -0.05) is 0 Å². The summed E-state index contributed by atoms with van der Waals surface area (Å²) in [5, 5.41) is 7.47. The van der Waals surface area contributed by atoms with Gasteiger partial charge in [-0.15, -0.1) is 11.3 Å². The second-order valence-electron chi connectivity index (χ2n) is 3.97. The van der Waals surface area contributed by atoms with Crippen LogP contribution < -0.4 is 10.6 Å². The number of hydrogen-bond donors (Lipinski definition) is 2. The van der Waals surface area contributed by atoms with Gasteiger partial charge in [-0.2, -0.15) is 4.98 Å². The molecule has 0 bridgehead atoms. The third kappa shape index (κ3) is 3.16. The number of nitrogens with zero attached hydrogens (tertiary/aromatic N) is 3. The summed E-state index contributed by atoms with van der Waals surface area (Å²) in [5.41, 5.74) is 1.03. The first-order valence-corrected chi connectivity index (χ1v) is 6.73. The Kier molecular flexibility index (Phi) is 4.09. The maximum atomic E-state index is 4.43. The average Bonchev–Trinajstić information content (AvgIpc) is 2.76. The first-order valence-electron chi connectivity index (χ1n) is 5.91. The Morgan fingerprint density at radius 1 is 1.17 bits per heavy atom. The van der Waals surface area contributed by atoms with E-state index in [9.17, 15) is 0 Å². The molecule has 96 valence electrons. The molecule has 0 spiro atoms. The highest BCUT2D eigenvalue weighted by Crippen LogP contribution is 2.16. The molecule has 5 nitrogen and oxygen atoms in total. The van der Waals surface area contributed by atoms with Crippen molar-refractivity contribution >= 4 is 23.1 Å². The zero-order valence-electron chi connectivity index (χ0n) is 10.8. The number of nitrogens with one attached hydrogen (secondary N) is 2. The second-order valence-corrected chi connectivity index (χ2v) is 5.29. The Balaban J connectivity index is 2.05. The van der Waals surface area contributed by atoms with Gasteiger partial charge < -0.3 is 10.6 Å². The molecule has 0 amide bonds. The van der Waals surface area contributed by atoms with Crippen molar-refractivity contribution in [1.82, 2.24) is 15.0 Å². The van der Waals surface area contributed by atoms with Crippen LogP contribution >= 0.6 is 11.3 Å². The van der Waals surface area contributed by atoms with Crippen LogP contribution in [0.2, 0.25) is 0 Å². The van der Waals surface area contributed by atoms with Crippen LogP contribution in [0.5, 0.6) is 0 Å². The normalized spacial score (nSPS) is 10.4. The summed E-state index contributed by atoms with van der Waals surface area (Å²) in [6, 6.07) is 0. The summed E-state index contributed by atoms with van der Waals surface area (Å²) in [7, 11) is 0. The van der Waals surface area contributed by atoms with E-state index in [0.717, 1.165) is 22.9 Å². The van der Waals surface area contributed by atoms with E-state index in [-0.39, 0.29) is 0 Å². The molecule has 0 atom stereocenters. The topological polar surface area (TPSA) is 62.7 Å². The molecule has 0 unspecified atom stereocenters. The van der Waals surface area contributed by atoms with Gasteiger partial charge in [0, 0.05) is 29.4 Å². The van der Waals surface area contributed by atoms with Crippen molar-refractivity contribution < 1.29 is 0 Å². The molecule has 2 aromatic rings. The van der Waals surface area contributed by atoms with E-state index in [4.69, 9.17) is 0 Å². The van der Waals surface area contributed by atoms with Crippen molar-refractivity contribution in [3.63, 3.8) is 0 Å². The number of hydrogen-bond acceptors (Lipinski definition) is 6. The SMILES string of the molecule is CCNc1ncc(C)c(NCc2ncc(C)s2)n1. The summed E-state index contributed by atoms with van der Waals surface area (Å²) in [5.74, 6) is 1.51. The average molecular weight is 263 g/mol. The molecule has 0 aliphatic rings. The van der Waals surface area contributed by atoms with E-state index in [1.807, 2.05) is 26.2 Å². The Bertz CT molecular complexity index is 523. The van der Waals surface area contributed by atoms with Crippen LogP contribution in [-0.4, -0.2) is 21.5 Å². The standard InChI is InChI=1S/C12H17N5S/c1-4-13-12-16-5-8(2)11(17-12)15-7-10-14-6-9(3)18-10/h5-6H,4,7H2,1-3H3,(H2,13,15,16,17). The number of thiazole rings is 1. The lowest BCUT2D eigenvalue weighted by Crippen LogP contribution is -2.07. The molecule has 0 aliphatic heterocycles. The molecule has 2 heterocycles. The van der Waals surface area contributed by atoms with Crippen LogP contribution in [0, 0.1) is 13.8 Å². The van der Waals surface area contributed by atoms with Crippen LogP contribution in [0.1, 0.15) is 22.4 Å². The van der Waals surface area contributed by atoms with Gasteiger partial charge in [-0.05, 0) is 20.8 Å². The van der Waals surface area contributed by atoms with Gasteiger partial charge in [-0.25, -0.2) is 9.97 Å². The minimum atomic E-state index is 0.654. The Morgan fingerprint density at radius 3 is 2.67 bits per heavy atom. The lowest BCUT2D eigenvalue weighted by atomic mass is 10.3. The van der Waals surface area contributed by atoms with E-state index in [1.165, 1.54) is 4.88 Å². The number of aryl methyl sites for hydroxylation is 2. The molecular weight excluding hydrogens is 246 g/mol. The largest absolute Gasteiger partial charge is 0.363 e. The molecular formula is C12H17N5S. The van der Waals surface area contributed by atoms with Gasteiger partial charge >= 0.3 is 0 Å². The lowest BCUT2D eigenvalue weighted by Gasteiger charge is -2.09. The molecule has 0 aromatic carbocycles. The summed E-state index contributed by atoms with van der Waals surface area (Å²) in [4.78, 5) is 14.2. The van der Waals surface area contributed by atoms with Crippen LogP contribution in [-0.2, 0) is 6.54 Å². The van der Waals surface area contributed by atoms with E-state index in [2.05, 4.69) is 32.5 Å². The minimum absolute atomic E-state index is 0.654. The predicted octanol–water partition coefficient (Wildman–Crippen LogP) is 2.59. The molecule has 2 aromatic heterocycles. The fourth-order valence-electron chi connectivity index (χ4n) is 1.51. The van der Waals surface area contributed by atoms with Crippen LogP contribution in [0.3, 0.4) is 0 Å². The molecule has 0 saturated carbocycles. The van der Waals surface area contributed by atoms with Crippen LogP contribution in [0.25, 0.3) is 0 Å². The molecule has 6 heteroatoms. The molecule has 2 N–H and O–H groups in total. The lowest BCUT2D eigenvalue weighted by molar-refractivity contribution is 1.03. The molecule has 0 radical (unpaired) electrons. The third-order valence-electron chi connectivity index (χ3n) is 2.38. The predicted molar refractivity (Wildman–Crippen MR) is 75.1 cm³/mol. The van der Waals surface area contributed by atoms with E-state index in [0.29, 0.717) is 12.5 Å². The number of anilines is 2. The van der Waals surface area contributed by atoms with Gasteiger partial charge in [-0.3, -0.25) is 0 Å². The molecule has 0 saturated heterocycles. The quantitative estimate of drug-likeness (QED) is 0.868. The van der Waals surface area contributed by atoms with Gasteiger partial charge in [0.15, 0.2) is 0 Å². The monoisotopic (exact) mass is 263 g/mol. The van der Waals surface area contributed by atoms with Gasteiger partial charge in [0.2, 0.25) is 5.95 Å². The first kappa shape index (κ1) is 12.8. The van der Waals surface area contributed by atoms with E-state index in [1.54, 1.807) is 11.3 Å². The summed E-state index contributed by atoms with van der Waals surface area (Å²) >= 11 is 1.69. The highest BCUT2D eigenvalue weighted by molar-refractivity contribution is 7.11. The fraction of sp³-hybridized carbons (Fsp3) is 0.417. The number of rotatable bonds is 5. The molecule has 0 aliphatic carbocycles. The van der Waals surface area contributed by atoms with Crippen LogP contribution in [0.15, 0.2) is 12.4 Å². The summed E-state index contributed by atoms with van der Waals surface area (Å²) in [6.45, 7) is 7.58. The Morgan fingerprint density at radius 2 is 2.00 bits per heavy atom. The van der Waals surface area contributed by atoms with Crippen molar-refractivity contribution in [1.29, 1.82) is 0 Å². The Labute approximate surface area is 111 Å². The van der Waals surface area contributed by atoms with Gasteiger partial charge in [0.05, 0.1) is 6.54 Å². The summed E-state index contributed by atoms with van der Waals surface area (Å²) < 4.78 is 0. The molecule has 18 heavy (non-hydrogen) atoms. The Hall–Kier alpha value is -1.69. The minimum Gasteiger partial charge on any atom is -0.363 e. The van der Waals surface area contributed by atoms with Crippen molar-refractivity contribution in [3.8, 4) is 0 Å². The van der Waals surface area contributed by atoms with Gasteiger partial charge in [0.1, 0.15) is 10.8 Å². The van der Waals surface area contributed by atoms with Crippen molar-refractivity contribution in [2.24, 2.45) is 0 Å². The van der Waals surface area contributed by atoms with E-state index >= 15 is 0 Å². The van der Waals surface area contributed by atoms with Crippen LogP contribution in [0.4, 0.5) is 11.8 Å². The smallest absolute Gasteiger partial charge is 0.224 e. The molecule has 0 fully saturated rings. The highest BCUT2D eigenvalue weighted by atomic mass is 32.1.